The lowest BCUT2D eigenvalue weighted by atomic mass is 9.89. The molecule has 0 heterocycles. The van der Waals surface area contributed by atoms with E-state index in [1.54, 1.807) is 13.8 Å². The highest BCUT2D eigenvalue weighted by Gasteiger charge is 2.65. The third-order valence-corrected chi connectivity index (χ3v) is 7.86. The van der Waals surface area contributed by atoms with Crippen molar-refractivity contribution in [2.45, 2.75) is 57.0 Å². The van der Waals surface area contributed by atoms with Crippen molar-refractivity contribution in [3.05, 3.63) is 0 Å². The molecule has 1 amide bonds. The van der Waals surface area contributed by atoms with E-state index in [4.69, 9.17) is 5.73 Å². The molecule has 0 aromatic rings. The smallest absolute Gasteiger partial charge is 0.233 e. The number of carbonyl (C=O) groups is 1. The van der Waals surface area contributed by atoms with Gasteiger partial charge in [-0.05, 0) is 32.1 Å². The summed E-state index contributed by atoms with van der Waals surface area (Å²) in [4.78, 5) is 11.2. The molecule has 1 aliphatic rings. The first-order chi connectivity index (χ1) is 8.41. The van der Waals surface area contributed by atoms with Gasteiger partial charge in [0.1, 0.15) is 0 Å². The van der Waals surface area contributed by atoms with Crippen LogP contribution in [-0.4, -0.2) is 36.9 Å². The molecule has 1 fully saturated rings. The fourth-order valence-electron chi connectivity index (χ4n) is 2.54. The van der Waals surface area contributed by atoms with Crippen molar-refractivity contribution in [1.82, 2.24) is 5.32 Å². The number of nitrogens with two attached hydrogens (primary N) is 1. The van der Waals surface area contributed by atoms with Crippen LogP contribution in [-0.2, 0) is 14.6 Å². The van der Waals surface area contributed by atoms with Gasteiger partial charge >= 0.3 is 0 Å². The van der Waals surface area contributed by atoms with E-state index in [2.05, 4.69) is 5.32 Å². The average Bonchev–Trinajstić information content (AvgIpc) is 3.05. The van der Waals surface area contributed by atoms with Gasteiger partial charge in [0, 0.05) is 6.54 Å². The van der Waals surface area contributed by atoms with E-state index in [9.17, 15) is 13.2 Å². The van der Waals surface area contributed by atoms with Crippen LogP contribution < -0.4 is 11.1 Å². The van der Waals surface area contributed by atoms with E-state index in [-0.39, 0.29) is 24.4 Å². The van der Waals surface area contributed by atoms with Gasteiger partial charge in [-0.25, -0.2) is 8.42 Å². The second-order valence-corrected chi connectivity index (χ2v) is 9.88. The highest BCUT2D eigenvalue weighted by atomic mass is 32.2. The van der Waals surface area contributed by atoms with Crippen molar-refractivity contribution in [2.24, 2.45) is 11.1 Å². The molecule has 19 heavy (non-hydrogen) atoms. The van der Waals surface area contributed by atoms with E-state index in [1.807, 2.05) is 20.8 Å². The minimum atomic E-state index is -3.34. The lowest BCUT2D eigenvalue weighted by Crippen LogP contribution is -2.53. The summed E-state index contributed by atoms with van der Waals surface area (Å²) in [6.45, 7) is 9.21. The number of amides is 1. The van der Waals surface area contributed by atoms with Crippen LogP contribution in [0.25, 0.3) is 0 Å². The Morgan fingerprint density at radius 1 is 1.21 bits per heavy atom. The molecule has 0 atom stereocenters. The quantitative estimate of drug-likeness (QED) is 0.785. The third kappa shape index (κ3) is 2.65. The standard InChI is InChI=1S/C13H26N2O3S/c1-11(2,3)13(6-7-13)19(17,18)12(4,5)9-15-10(16)8-14/h6-9,14H2,1-5H3,(H,15,16). The maximum atomic E-state index is 12.9. The van der Waals surface area contributed by atoms with Gasteiger partial charge in [0.05, 0.1) is 16.0 Å². The SMILES string of the molecule is CC(C)(C)C1(S(=O)(=O)C(C)(C)CNC(=O)CN)CC1. The molecule has 3 N–H and O–H groups in total. The Labute approximate surface area is 116 Å². The Balaban J connectivity index is 2.97. The zero-order valence-electron chi connectivity index (χ0n) is 12.5. The molecular formula is C13H26N2O3S. The zero-order valence-corrected chi connectivity index (χ0v) is 13.4. The molecular weight excluding hydrogens is 264 g/mol. The molecule has 0 unspecified atom stereocenters. The number of sulfone groups is 1. The number of carbonyl (C=O) groups excluding carboxylic acids is 1. The minimum absolute atomic E-state index is 0.100. The zero-order chi connectivity index (χ0) is 15.1. The molecule has 0 aliphatic heterocycles. The maximum Gasteiger partial charge on any atom is 0.233 e. The topological polar surface area (TPSA) is 89.3 Å². The van der Waals surface area contributed by atoms with Gasteiger partial charge in [0.2, 0.25) is 5.91 Å². The molecule has 0 bridgehead atoms. The number of hydrogen-bond donors (Lipinski definition) is 2. The average molecular weight is 290 g/mol. The molecule has 112 valence electrons. The summed E-state index contributed by atoms with van der Waals surface area (Å²) in [5.41, 5.74) is 4.93. The summed E-state index contributed by atoms with van der Waals surface area (Å²) in [7, 11) is -3.34. The fraction of sp³-hybridized carbons (Fsp3) is 0.923. The van der Waals surface area contributed by atoms with Crippen molar-refractivity contribution in [3.63, 3.8) is 0 Å². The van der Waals surface area contributed by atoms with Crippen LogP contribution in [0.1, 0.15) is 47.5 Å². The Morgan fingerprint density at radius 2 is 1.68 bits per heavy atom. The molecule has 0 aromatic heterocycles. The fourth-order valence-corrected chi connectivity index (χ4v) is 5.31. The van der Waals surface area contributed by atoms with Crippen molar-refractivity contribution in [3.8, 4) is 0 Å². The van der Waals surface area contributed by atoms with Crippen LogP contribution in [0.4, 0.5) is 0 Å². The van der Waals surface area contributed by atoms with Crippen LogP contribution >= 0.6 is 0 Å². The number of nitrogens with one attached hydrogen (secondary N) is 1. The second-order valence-electron chi connectivity index (χ2n) is 6.99. The van der Waals surface area contributed by atoms with Crippen LogP contribution in [0.15, 0.2) is 0 Å². The summed E-state index contributed by atoms with van der Waals surface area (Å²) in [6.07, 6.45) is 1.40. The lowest BCUT2D eigenvalue weighted by molar-refractivity contribution is -0.119. The van der Waals surface area contributed by atoms with Crippen molar-refractivity contribution < 1.29 is 13.2 Å². The van der Waals surface area contributed by atoms with Gasteiger partial charge in [-0.2, -0.15) is 0 Å². The van der Waals surface area contributed by atoms with Gasteiger partial charge < -0.3 is 11.1 Å². The van der Waals surface area contributed by atoms with Gasteiger partial charge in [-0.3, -0.25) is 4.79 Å². The van der Waals surface area contributed by atoms with Crippen LogP contribution in [0.5, 0.6) is 0 Å². The monoisotopic (exact) mass is 290 g/mol. The van der Waals surface area contributed by atoms with E-state index < -0.39 is 19.3 Å². The molecule has 0 spiro atoms. The third-order valence-electron chi connectivity index (χ3n) is 4.21. The summed E-state index contributed by atoms with van der Waals surface area (Å²) >= 11 is 0. The Bertz CT molecular complexity index is 457. The van der Waals surface area contributed by atoms with Gasteiger partial charge in [0.25, 0.3) is 0 Å². The first-order valence-corrected chi connectivity index (χ1v) is 8.10. The molecule has 5 nitrogen and oxygen atoms in total. The lowest BCUT2D eigenvalue weighted by Gasteiger charge is -2.37. The van der Waals surface area contributed by atoms with Crippen LogP contribution in [0.2, 0.25) is 0 Å². The van der Waals surface area contributed by atoms with E-state index in [1.165, 1.54) is 0 Å². The van der Waals surface area contributed by atoms with Crippen molar-refractivity contribution in [1.29, 1.82) is 0 Å². The van der Waals surface area contributed by atoms with Crippen LogP contribution in [0.3, 0.4) is 0 Å². The largest absolute Gasteiger partial charge is 0.353 e. The Kier molecular flexibility index (Phi) is 4.10. The Hall–Kier alpha value is -0.620. The van der Waals surface area contributed by atoms with Crippen molar-refractivity contribution >= 4 is 15.7 Å². The number of rotatable bonds is 5. The minimum Gasteiger partial charge on any atom is -0.353 e. The van der Waals surface area contributed by atoms with Gasteiger partial charge in [-0.1, -0.05) is 20.8 Å². The second kappa shape index (κ2) is 4.74. The van der Waals surface area contributed by atoms with Gasteiger partial charge in [-0.15, -0.1) is 0 Å². The molecule has 1 saturated carbocycles. The summed E-state index contributed by atoms with van der Waals surface area (Å²) in [5.74, 6) is -0.330. The molecule has 0 saturated heterocycles. The van der Waals surface area contributed by atoms with Crippen LogP contribution in [0, 0.1) is 5.41 Å². The summed E-state index contributed by atoms with van der Waals surface area (Å²) < 4.78 is 24.2. The molecule has 1 rings (SSSR count). The van der Waals surface area contributed by atoms with E-state index >= 15 is 0 Å². The van der Waals surface area contributed by atoms with Crippen molar-refractivity contribution in [2.75, 3.05) is 13.1 Å². The summed E-state index contributed by atoms with van der Waals surface area (Å²) in [6, 6.07) is 0. The first kappa shape index (κ1) is 16.4. The first-order valence-electron chi connectivity index (χ1n) is 6.62. The predicted molar refractivity (Wildman–Crippen MR) is 76.5 cm³/mol. The Morgan fingerprint density at radius 3 is 2.00 bits per heavy atom. The molecule has 6 heteroatoms. The van der Waals surface area contributed by atoms with Gasteiger partial charge in [0.15, 0.2) is 9.84 Å². The molecule has 1 aliphatic carbocycles. The highest BCUT2D eigenvalue weighted by molar-refractivity contribution is 7.94. The highest BCUT2D eigenvalue weighted by Crippen LogP contribution is 2.58. The predicted octanol–water partition coefficient (Wildman–Crippen LogP) is 0.833. The maximum absolute atomic E-state index is 12.9. The summed E-state index contributed by atoms with van der Waals surface area (Å²) in [5, 5.41) is 2.59. The van der Waals surface area contributed by atoms with E-state index in [0.717, 1.165) is 0 Å². The van der Waals surface area contributed by atoms with E-state index in [0.29, 0.717) is 12.8 Å². The normalized spacial score (nSPS) is 19.1. The number of hydrogen-bond acceptors (Lipinski definition) is 4. The molecule has 0 aromatic carbocycles. The molecule has 0 radical (unpaired) electrons.